The highest BCUT2D eigenvalue weighted by Gasteiger charge is 2.28. The molecule has 0 unspecified atom stereocenters. The second kappa shape index (κ2) is 4.20. The fraction of sp³-hybridized carbons (Fsp3) is 1.00. The van der Waals surface area contributed by atoms with Crippen LogP contribution in [0.1, 0.15) is 39.5 Å². The van der Waals surface area contributed by atoms with Gasteiger partial charge >= 0.3 is 0 Å². The van der Waals surface area contributed by atoms with Crippen molar-refractivity contribution in [2.24, 2.45) is 17.8 Å². The molecular formula is C10H18F2. The summed E-state index contributed by atoms with van der Waals surface area (Å²) in [5.41, 5.74) is 0. The van der Waals surface area contributed by atoms with Crippen LogP contribution in [0.25, 0.3) is 0 Å². The van der Waals surface area contributed by atoms with Crippen molar-refractivity contribution in [1.29, 1.82) is 0 Å². The van der Waals surface area contributed by atoms with Crippen molar-refractivity contribution < 1.29 is 8.78 Å². The Morgan fingerprint density at radius 1 is 0.917 bits per heavy atom. The van der Waals surface area contributed by atoms with Gasteiger partial charge in [0.15, 0.2) is 0 Å². The Balaban J connectivity index is 2.30. The summed E-state index contributed by atoms with van der Waals surface area (Å²) in [5, 5.41) is 0. The maximum atomic E-state index is 12.2. The quantitative estimate of drug-likeness (QED) is 0.601. The van der Waals surface area contributed by atoms with E-state index in [1.165, 1.54) is 0 Å². The summed E-state index contributed by atoms with van der Waals surface area (Å²) in [6.45, 7) is 4.38. The van der Waals surface area contributed by atoms with Gasteiger partial charge in [-0.2, -0.15) is 0 Å². The van der Waals surface area contributed by atoms with Gasteiger partial charge in [0.25, 0.3) is 0 Å². The van der Waals surface area contributed by atoms with Crippen LogP contribution < -0.4 is 0 Å². The van der Waals surface area contributed by atoms with Crippen LogP contribution in [0.4, 0.5) is 8.78 Å². The molecule has 1 rings (SSSR count). The van der Waals surface area contributed by atoms with E-state index in [1.807, 2.05) is 0 Å². The van der Waals surface area contributed by atoms with Crippen LogP contribution in [0.2, 0.25) is 0 Å². The monoisotopic (exact) mass is 176 g/mol. The molecule has 1 aliphatic rings. The molecule has 1 aliphatic carbocycles. The number of alkyl halides is 2. The smallest absolute Gasteiger partial charge is 0.210 e. The van der Waals surface area contributed by atoms with Gasteiger partial charge in [-0.15, -0.1) is 0 Å². The lowest BCUT2D eigenvalue weighted by molar-refractivity contribution is 0.0414. The Bertz CT molecular complexity index is 108. The predicted octanol–water partition coefficient (Wildman–Crippen LogP) is 3.71. The molecule has 0 bridgehead atoms. The molecule has 1 fully saturated rings. The molecule has 0 aromatic rings. The maximum absolute atomic E-state index is 12.2. The van der Waals surface area contributed by atoms with Crippen LogP contribution >= 0.6 is 0 Å². The van der Waals surface area contributed by atoms with E-state index in [2.05, 4.69) is 13.8 Å². The van der Waals surface area contributed by atoms with Crippen LogP contribution in [0.5, 0.6) is 0 Å². The number of hydrogen-bond acceptors (Lipinski definition) is 0. The molecule has 0 aromatic heterocycles. The number of halogens is 2. The second-order valence-corrected chi connectivity index (χ2v) is 4.25. The third-order valence-corrected chi connectivity index (χ3v) is 3.12. The summed E-state index contributed by atoms with van der Waals surface area (Å²) >= 11 is 0. The van der Waals surface area contributed by atoms with Crippen LogP contribution in [0.15, 0.2) is 0 Å². The fourth-order valence-electron chi connectivity index (χ4n) is 2.06. The Hall–Kier alpha value is -0.140. The molecule has 0 saturated heterocycles. The molecule has 0 radical (unpaired) electrons. The fourth-order valence-corrected chi connectivity index (χ4v) is 2.06. The van der Waals surface area contributed by atoms with Gasteiger partial charge in [0.2, 0.25) is 6.43 Å². The van der Waals surface area contributed by atoms with Crippen molar-refractivity contribution in [2.75, 3.05) is 0 Å². The van der Waals surface area contributed by atoms with E-state index in [9.17, 15) is 8.78 Å². The van der Waals surface area contributed by atoms with Crippen molar-refractivity contribution in [1.82, 2.24) is 0 Å². The van der Waals surface area contributed by atoms with Gasteiger partial charge in [-0.3, -0.25) is 0 Å². The molecule has 0 heterocycles. The van der Waals surface area contributed by atoms with Gasteiger partial charge in [0.1, 0.15) is 0 Å². The summed E-state index contributed by atoms with van der Waals surface area (Å²) < 4.78 is 24.5. The molecule has 0 nitrogen and oxygen atoms in total. The summed E-state index contributed by atoms with van der Waals surface area (Å²) in [4.78, 5) is 0. The van der Waals surface area contributed by atoms with Crippen molar-refractivity contribution >= 4 is 0 Å². The van der Waals surface area contributed by atoms with Crippen molar-refractivity contribution in [3.63, 3.8) is 0 Å². The van der Waals surface area contributed by atoms with E-state index < -0.39 is 6.43 Å². The highest BCUT2D eigenvalue weighted by atomic mass is 19.3. The molecule has 72 valence electrons. The van der Waals surface area contributed by atoms with Crippen molar-refractivity contribution in [2.45, 2.75) is 46.0 Å². The minimum absolute atomic E-state index is 0.306. The van der Waals surface area contributed by atoms with Crippen molar-refractivity contribution in [3.8, 4) is 0 Å². The Morgan fingerprint density at radius 2 is 1.33 bits per heavy atom. The average molecular weight is 176 g/mol. The molecule has 1 saturated carbocycles. The number of hydrogen-bond donors (Lipinski definition) is 0. The standard InChI is InChI=1S/C10H18F2/c1-7(2)8-3-5-9(6-4-8)10(11)12/h7-10H,3-6H2,1-2H3/t8-,9+. The van der Waals surface area contributed by atoms with Crippen LogP contribution in [-0.4, -0.2) is 6.43 Å². The summed E-state index contributed by atoms with van der Waals surface area (Å²) in [6, 6.07) is 0. The second-order valence-electron chi connectivity index (χ2n) is 4.25. The van der Waals surface area contributed by atoms with Gasteiger partial charge in [-0.05, 0) is 37.5 Å². The third kappa shape index (κ3) is 2.43. The van der Waals surface area contributed by atoms with E-state index in [0.717, 1.165) is 25.7 Å². The molecule has 0 spiro atoms. The molecule has 0 atom stereocenters. The van der Waals surface area contributed by atoms with E-state index in [4.69, 9.17) is 0 Å². The van der Waals surface area contributed by atoms with Gasteiger partial charge in [0, 0.05) is 5.92 Å². The Labute approximate surface area is 73.3 Å². The van der Waals surface area contributed by atoms with Gasteiger partial charge < -0.3 is 0 Å². The molecule has 0 aromatic carbocycles. The zero-order chi connectivity index (χ0) is 9.14. The van der Waals surface area contributed by atoms with Crippen LogP contribution in [0.3, 0.4) is 0 Å². The minimum atomic E-state index is -2.09. The zero-order valence-corrected chi connectivity index (χ0v) is 7.89. The predicted molar refractivity (Wildman–Crippen MR) is 46.3 cm³/mol. The van der Waals surface area contributed by atoms with E-state index >= 15 is 0 Å². The van der Waals surface area contributed by atoms with Crippen LogP contribution in [0, 0.1) is 17.8 Å². The number of rotatable bonds is 2. The van der Waals surface area contributed by atoms with E-state index in [0.29, 0.717) is 11.8 Å². The van der Waals surface area contributed by atoms with Gasteiger partial charge in [-0.1, -0.05) is 13.8 Å². The SMILES string of the molecule is CC(C)[C@H]1CC[C@@H](C(F)F)CC1. The summed E-state index contributed by atoms with van der Waals surface area (Å²) in [5.74, 6) is 1.06. The lowest BCUT2D eigenvalue weighted by Crippen LogP contribution is -2.22. The molecule has 2 heteroatoms. The highest BCUT2D eigenvalue weighted by Crippen LogP contribution is 2.35. The molecule has 0 amide bonds. The third-order valence-electron chi connectivity index (χ3n) is 3.12. The largest absolute Gasteiger partial charge is 0.241 e. The minimum Gasteiger partial charge on any atom is -0.210 e. The van der Waals surface area contributed by atoms with Gasteiger partial charge in [-0.25, -0.2) is 8.78 Å². The molecular weight excluding hydrogens is 158 g/mol. The highest BCUT2D eigenvalue weighted by molar-refractivity contribution is 4.75. The average Bonchev–Trinajstić information content (AvgIpc) is 2.04. The van der Waals surface area contributed by atoms with Crippen LogP contribution in [-0.2, 0) is 0 Å². The normalized spacial score (nSPS) is 31.5. The summed E-state index contributed by atoms with van der Waals surface area (Å²) in [7, 11) is 0. The lowest BCUT2D eigenvalue weighted by atomic mass is 9.77. The maximum Gasteiger partial charge on any atom is 0.241 e. The zero-order valence-electron chi connectivity index (χ0n) is 7.89. The Kier molecular flexibility index (Phi) is 3.48. The molecule has 12 heavy (non-hydrogen) atoms. The van der Waals surface area contributed by atoms with E-state index in [1.54, 1.807) is 0 Å². The first-order valence-electron chi connectivity index (χ1n) is 4.89. The first-order chi connectivity index (χ1) is 5.61. The molecule has 0 aliphatic heterocycles. The van der Waals surface area contributed by atoms with Crippen molar-refractivity contribution in [3.05, 3.63) is 0 Å². The topological polar surface area (TPSA) is 0 Å². The molecule has 0 N–H and O–H groups in total. The summed E-state index contributed by atoms with van der Waals surface area (Å²) in [6.07, 6.45) is 1.40. The first-order valence-corrected chi connectivity index (χ1v) is 4.89. The lowest BCUT2D eigenvalue weighted by Gasteiger charge is -2.30. The van der Waals surface area contributed by atoms with Gasteiger partial charge in [0.05, 0.1) is 0 Å². The first kappa shape index (κ1) is 9.94. The van der Waals surface area contributed by atoms with E-state index in [-0.39, 0.29) is 5.92 Å². The Morgan fingerprint density at radius 3 is 1.67 bits per heavy atom.